The molecule has 1 amide bonds. The molecular weight excluding hydrogens is 338 g/mol. The molecule has 1 heterocycles. The van der Waals surface area contributed by atoms with Crippen LogP contribution in [0.4, 0.5) is 5.69 Å². The maximum atomic E-state index is 12.4. The number of hydrogen-bond acceptors (Lipinski definition) is 4. The lowest BCUT2D eigenvalue weighted by molar-refractivity contribution is -0.123. The molecule has 2 aromatic rings. The van der Waals surface area contributed by atoms with Crippen molar-refractivity contribution in [2.45, 2.75) is 26.8 Å². The molecule has 1 atom stereocenters. The van der Waals surface area contributed by atoms with Crippen LogP contribution in [0.3, 0.4) is 0 Å². The first-order chi connectivity index (χ1) is 12.9. The van der Waals surface area contributed by atoms with Gasteiger partial charge in [0.1, 0.15) is 5.75 Å². The van der Waals surface area contributed by atoms with Gasteiger partial charge in [-0.3, -0.25) is 9.69 Å². The summed E-state index contributed by atoms with van der Waals surface area (Å²) in [6.45, 7) is 10.1. The highest BCUT2D eigenvalue weighted by atomic mass is 16.3. The van der Waals surface area contributed by atoms with Gasteiger partial charge in [-0.25, -0.2) is 0 Å². The number of aryl methyl sites for hydroxylation is 2. The molecule has 0 aliphatic carbocycles. The van der Waals surface area contributed by atoms with Crippen molar-refractivity contribution >= 4 is 11.6 Å². The molecule has 0 radical (unpaired) electrons. The van der Waals surface area contributed by atoms with Gasteiger partial charge in [0.15, 0.2) is 0 Å². The summed E-state index contributed by atoms with van der Waals surface area (Å²) in [4.78, 5) is 16.9. The highest BCUT2D eigenvalue weighted by molar-refractivity contribution is 5.78. The Kier molecular flexibility index (Phi) is 6.01. The molecule has 3 rings (SSSR count). The number of hydrogen-bond donors (Lipinski definition) is 2. The summed E-state index contributed by atoms with van der Waals surface area (Å²) in [7, 11) is 0. The SMILES string of the molecule is Cc1ccc([C@H](C)NC(=O)CN2CCN(c3ccc(O)cc3)CC2)cc1C. The van der Waals surface area contributed by atoms with Crippen LogP contribution in [0.25, 0.3) is 0 Å². The van der Waals surface area contributed by atoms with Crippen molar-refractivity contribution in [3.63, 3.8) is 0 Å². The number of aromatic hydroxyl groups is 1. The number of rotatable bonds is 5. The van der Waals surface area contributed by atoms with Gasteiger partial charge in [-0.15, -0.1) is 0 Å². The molecule has 5 nitrogen and oxygen atoms in total. The van der Waals surface area contributed by atoms with E-state index in [0.29, 0.717) is 6.54 Å². The Hall–Kier alpha value is -2.53. The third-order valence-corrected chi connectivity index (χ3v) is 5.36. The molecule has 1 aliphatic heterocycles. The average Bonchev–Trinajstić information content (AvgIpc) is 2.65. The Morgan fingerprint density at radius 2 is 1.70 bits per heavy atom. The third-order valence-electron chi connectivity index (χ3n) is 5.36. The van der Waals surface area contributed by atoms with Crippen LogP contribution >= 0.6 is 0 Å². The molecule has 0 unspecified atom stereocenters. The number of benzene rings is 2. The van der Waals surface area contributed by atoms with Crippen molar-refractivity contribution in [1.82, 2.24) is 10.2 Å². The van der Waals surface area contributed by atoms with Crippen molar-refractivity contribution < 1.29 is 9.90 Å². The van der Waals surface area contributed by atoms with E-state index in [2.05, 4.69) is 47.2 Å². The second kappa shape index (κ2) is 8.44. The minimum atomic E-state index is 0.00934. The maximum absolute atomic E-state index is 12.4. The largest absolute Gasteiger partial charge is 0.508 e. The van der Waals surface area contributed by atoms with E-state index < -0.39 is 0 Å². The van der Waals surface area contributed by atoms with Crippen LogP contribution in [-0.4, -0.2) is 48.6 Å². The van der Waals surface area contributed by atoms with Crippen LogP contribution in [0, 0.1) is 13.8 Å². The summed E-state index contributed by atoms with van der Waals surface area (Å²) in [6.07, 6.45) is 0. The quantitative estimate of drug-likeness (QED) is 0.853. The molecule has 0 aromatic heterocycles. The number of nitrogens with zero attached hydrogens (tertiary/aromatic N) is 2. The predicted molar refractivity (Wildman–Crippen MR) is 109 cm³/mol. The van der Waals surface area contributed by atoms with Gasteiger partial charge in [-0.05, 0) is 61.7 Å². The first-order valence-electron chi connectivity index (χ1n) is 9.55. The number of carbonyl (C=O) groups is 1. The Bertz CT molecular complexity index is 781. The van der Waals surface area contributed by atoms with Gasteiger partial charge in [0.25, 0.3) is 0 Å². The van der Waals surface area contributed by atoms with Crippen molar-refractivity contribution in [3.05, 3.63) is 59.2 Å². The summed E-state index contributed by atoms with van der Waals surface area (Å²) >= 11 is 0. The van der Waals surface area contributed by atoms with Crippen molar-refractivity contribution in [3.8, 4) is 5.75 Å². The second-order valence-electron chi connectivity index (χ2n) is 7.41. The normalized spacial score (nSPS) is 16.2. The van der Waals surface area contributed by atoms with Crippen LogP contribution in [0.2, 0.25) is 0 Å². The number of nitrogens with one attached hydrogen (secondary N) is 1. The van der Waals surface area contributed by atoms with E-state index in [1.165, 1.54) is 11.1 Å². The molecule has 1 fully saturated rings. The zero-order chi connectivity index (χ0) is 19.4. The van der Waals surface area contributed by atoms with Crippen molar-refractivity contribution in [2.75, 3.05) is 37.6 Å². The highest BCUT2D eigenvalue weighted by Crippen LogP contribution is 2.20. The molecule has 0 bridgehead atoms. The molecule has 0 spiro atoms. The molecule has 2 aromatic carbocycles. The third kappa shape index (κ3) is 5.01. The van der Waals surface area contributed by atoms with Crippen LogP contribution in [0.5, 0.6) is 5.75 Å². The Morgan fingerprint density at radius 1 is 1.04 bits per heavy atom. The summed E-state index contributed by atoms with van der Waals surface area (Å²) in [5.41, 5.74) is 4.77. The summed E-state index contributed by atoms with van der Waals surface area (Å²) in [5, 5.41) is 12.5. The zero-order valence-corrected chi connectivity index (χ0v) is 16.4. The molecule has 5 heteroatoms. The van der Waals surface area contributed by atoms with Gasteiger partial charge >= 0.3 is 0 Å². The second-order valence-corrected chi connectivity index (χ2v) is 7.41. The van der Waals surface area contributed by atoms with Crippen LogP contribution in [-0.2, 0) is 4.79 Å². The van der Waals surface area contributed by atoms with Crippen LogP contribution in [0.1, 0.15) is 29.7 Å². The minimum absolute atomic E-state index is 0.00934. The number of anilines is 1. The first-order valence-corrected chi connectivity index (χ1v) is 9.55. The van der Waals surface area contributed by atoms with Crippen LogP contribution < -0.4 is 10.2 Å². The molecule has 2 N–H and O–H groups in total. The average molecular weight is 367 g/mol. The molecule has 27 heavy (non-hydrogen) atoms. The highest BCUT2D eigenvalue weighted by Gasteiger charge is 2.20. The van der Waals surface area contributed by atoms with Crippen molar-refractivity contribution in [1.29, 1.82) is 0 Å². The molecule has 1 aliphatic rings. The van der Waals surface area contributed by atoms with E-state index in [4.69, 9.17) is 0 Å². The number of piperazine rings is 1. The molecule has 144 valence electrons. The summed E-state index contributed by atoms with van der Waals surface area (Å²) < 4.78 is 0. The molecular formula is C22H29N3O2. The first kappa shape index (κ1) is 19.2. The van der Waals surface area contributed by atoms with Gasteiger partial charge in [-0.2, -0.15) is 0 Å². The summed E-state index contributed by atoms with van der Waals surface area (Å²) in [6, 6.07) is 13.6. The van der Waals surface area contributed by atoms with E-state index in [0.717, 1.165) is 37.4 Å². The standard InChI is InChI=1S/C22H29N3O2/c1-16-4-5-19(14-17(16)2)18(3)23-22(27)15-24-10-12-25(13-11-24)20-6-8-21(26)9-7-20/h4-9,14,18,26H,10-13,15H2,1-3H3,(H,23,27)/t18-/m0/s1. The van der Waals surface area contributed by atoms with Crippen molar-refractivity contribution in [2.24, 2.45) is 0 Å². The fourth-order valence-corrected chi connectivity index (χ4v) is 3.44. The topological polar surface area (TPSA) is 55.8 Å². The van der Waals surface area contributed by atoms with Gasteiger partial charge in [0, 0.05) is 31.9 Å². The Balaban J connectivity index is 1.47. The Morgan fingerprint density at radius 3 is 2.33 bits per heavy atom. The lowest BCUT2D eigenvalue weighted by Gasteiger charge is -2.35. The van der Waals surface area contributed by atoms with E-state index in [9.17, 15) is 9.90 Å². The lowest BCUT2D eigenvalue weighted by Crippen LogP contribution is -2.49. The number of amides is 1. The van der Waals surface area contributed by atoms with E-state index in [-0.39, 0.29) is 17.7 Å². The van der Waals surface area contributed by atoms with Gasteiger partial charge in [-0.1, -0.05) is 18.2 Å². The lowest BCUT2D eigenvalue weighted by atomic mass is 10.0. The summed E-state index contributed by atoms with van der Waals surface area (Å²) in [5.74, 6) is 0.353. The number of carbonyl (C=O) groups excluding carboxylic acids is 1. The predicted octanol–water partition coefficient (Wildman–Crippen LogP) is 3.01. The minimum Gasteiger partial charge on any atom is -0.508 e. The monoisotopic (exact) mass is 367 g/mol. The fourth-order valence-electron chi connectivity index (χ4n) is 3.44. The maximum Gasteiger partial charge on any atom is 0.234 e. The zero-order valence-electron chi connectivity index (χ0n) is 16.4. The number of phenols is 1. The van der Waals surface area contributed by atoms with E-state index in [1.54, 1.807) is 12.1 Å². The molecule has 1 saturated heterocycles. The molecule has 0 saturated carbocycles. The number of phenolic OH excluding ortho intramolecular Hbond substituents is 1. The fraction of sp³-hybridized carbons (Fsp3) is 0.409. The van der Waals surface area contributed by atoms with Gasteiger partial charge < -0.3 is 15.3 Å². The Labute approximate surface area is 161 Å². The van der Waals surface area contributed by atoms with E-state index in [1.807, 2.05) is 19.1 Å². The van der Waals surface area contributed by atoms with Gasteiger partial charge in [0.05, 0.1) is 12.6 Å². The smallest absolute Gasteiger partial charge is 0.234 e. The van der Waals surface area contributed by atoms with E-state index >= 15 is 0 Å². The van der Waals surface area contributed by atoms with Gasteiger partial charge in [0.2, 0.25) is 5.91 Å². The van der Waals surface area contributed by atoms with Crippen LogP contribution in [0.15, 0.2) is 42.5 Å².